The molecular formula is C19H15FO5. The smallest absolute Gasteiger partial charge is 0.306 e. The van der Waals surface area contributed by atoms with Crippen LogP contribution in [0, 0.1) is 5.82 Å². The summed E-state index contributed by atoms with van der Waals surface area (Å²) in [6.45, 7) is 0.0913. The average molecular weight is 342 g/mol. The lowest BCUT2D eigenvalue weighted by Gasteiger charge is -2.19. The quantitative estimate of drug-likeness (QED) is 0.844. The highest BCUT2D eigenvalue weighted by molar-refractivity contribution is 6.14. The van der Waals surface area contributed by atoms with E-state index in [1.165, 1.54) is 18.2 Å². The van der Waals surface area contributed by atoms with Crippen LogP contribution in [0.15, 0.2) is 48.0 Å². The summed E-state index contributed by atoms with van der Waals surface area (Å²) in [7, 11) is 0. The molecule has 1 heterocycles. The molecule has 0 fully saturated rings. The van der Waals surface area contributed by atoms with E-state index in [9.17, 15) is 14.0 Å². The van der Waals surface area contributed by atoms with Gasteiger partial charge in [-0.1, -0.05) is 18.2 Å². The fourth-order valence-electron chi connectivity index (χ4n) is 2.45. The van der Waals surface area contributed by atoms with Gasteiger partial charge in [-0.25, -0.2) is 4.39 Å². The van der Waals surface area contributed by atoms with Gasteiger partial charge in [0.2, 0.25) is 0 Å². The van der Waals surface area contributed by atoms with Gasteiger partial charge in [-0.15, -0.1) is 0 Å². The van der Waals surface area contributed by atoms with E-state index in [-0.39, 0.29) is 36.7 Å². The van der Waals surface area contributed by atoms with Crippen LogP contribution in [0.5, 0.6) is 11.5 Å². The molecule has 0 saturated carbocycles. The van der Waals surface area contributed by atoms with Crippen molar-refractivity contribution in [3.05, 3.63) is 65.0 Å². The van der Waals surface area contributed by atoms with Gasteiger partial charge in [0.1, 0.15) is 12.4 Å². The maximum absolute atomic E-state index is 13.6. The molecule has 0 atom stereocenters. The van der Waals surface area contributed by atoms with Gasteiger partial charge in [-0.05, 0) is 35.9 Å². The first-order valence-electron chi connectivity index (χ1n) is 7.66. The Morgan fingerprint density at radius 3 is 2.72 bits per heavy atom. The predicted molar refractivity (Wildman–Crippen MR) is 88.4 cm³/mol. The minimum absolute atomic E-state index is 0.00360. The van der Waals surface area contributed by atoms with Gasteiger partial charge < -0.3 is 14.6 Å². The van der Waals surface area contributed by atoms with Crippen molar-refractivity contribution in [1.29, 1.82) is 0 Å². The number of rotatable bonds is 5. The summed E-state index contributed by atoms with van der Waals surface area (Å²) < 4.78 is 24.3. The number of benzene rings is 2. The third kappa shape index (κ3) is 3.85. The highest BCUT2D eigenvalue weighted by Gasteiger charge is 2.25. The number of hydrogen-bond donors (Lipinski definition) is 1. The van der Waals surface area contributed by atoms with Gasteiger partial charge >= 0.3 is 5.97 Å². The van der Waals surface area contributed by atoms with E-state index in [0.717, 1.165) is 5.56 Å². The number of carboxylic acid groups (broad SMARTS) is 1. The summed E-state index contributed by atoms with van der Waals surface area (Å²) in [6, 6.07) is 11.1. The molecule has 128 valence electrons. The molecule has 2 aromatic carbocycles. The molecule has 3 rings (SSSR count). The first-order valence-corrected chi connectivity index (χ1v) is 7.66. The van der Waals surface area contributed by atoms with Crippen molar-refractivity contribution in [3.63, 3.8) is 0 Å². The van der Waals surface area contributed by atoms with Crippen molar-refractivity contribution < 1.29 is 28.6 Å². The lowest BCUT2D eigenvalue weighted by molar-refractivity contribution is -0.137. The van der Waals surface area contributed by atoms with E-state index in [1.807, 2.05) is 0 Å². The molecule has 0 aromatic heterocycles. The third-order valence-electron chi connectivity index (χ3n) is 3.68. The first-order chi connectivity index (χ1) is 12.0. The van der Waals surface area contributed by atoms with Crippen LogP contribution in [-0.4, -0.2) is 30.1 Å². The molecule has 2 aromatic rings. The number of carboxylic acids is 1. The molecule has 0 unspecified atom stereocenters. The van der Waals surface area contributed by atoms with E-state index in [0.29, 0.717) is 11.3 Å². The molecule has 0 radical (unpaired) electrons. The molecule has 6 heteroatoms. The summed E-state index contributed by atoms with van der Waals surface area (Å²) in [5.74, 6) is -1.20. The first kappa shape index (κ1) is 16.7. The van der Waals surface area contributed by atoms with E-state index in [1.54, 1.807) is 30.3 Å². The Kier molecular flexibility index (Phi) is 4.79. The highest BCUT2D eigenvalue weighted by Crippen LogP contribution is 2.30. The Morgan fingerprint density at radius 2 is 2.00 bits per heavy atom. The van der Waals surface area contributed by atoms with Gasteiger partial charge in [-0.3, -0.25) is 9.59 Å². The Morgan fingerprint density at radius 1 is 1.24 bits per heavy atom. The van der Waals surface area contributed by atoms with Crippen molar-refractivity contribution in [3.8, 4) is 11.5 Å². The number of Topliss-reactive ketones (excluding diaryl/α,β-unsaturated/α-hetero) is 1. The topological polar surface area (TPSA) is 72.8 Å². The van der Waals surface area contributed by atoms with Gasteiger partial charge in [0.25, 0.3) is 0 Å². The fraction of sp³-hybridized carbons (Fsp3) is 0.158. The lowest BCUT2D eigenvalue weighted by atomic mass is 9.98. The Labute approximate surface area is 143 Å². The zero-order valence-electron chi connectivity index (χ0n) is 13.2. The van der Waals surface area contributed by atoms with Crippen molar-refractivity contribution in [2.45, 2.75) is 6.42 Å². The zero-order valence-corrected chi connectivity index (χ0v) is 13.2. The maximum Gasteiger partial charge on any atom is 0.306 e. The number of halogens is 1. The summed E-state index contributed by atoms with van der Waals surface area (Å²) in [5.41, 5.74) is 1.40. The van der Waals surface area contributed by atoms with Gasteiger partial charge in [-0.2, -0.15) is 0 Å². The van der Waals surface area contributed by atoms with Crippen LogP contribution in [0.4, 0.5) is 4.39 Å². The number of para-hydroxylation sites is 1. The number of fused-ring (bicyclic) bond motifs is 1. The van der Waals surface area contributed by atoms with Crippen LogP contribution in [0.3, 0.4) is 0 Å². The molecule has 0 amide bonds. The average Bonchev–Trinajstić information content (AvgIpc) is 2.59. The van der Waals surface area contributed by atoms with E-state index >= 15 is 0 Å². The third-order valence-corrected chi connectivity index (χ3v) is 3.68. The SMILES string of the molecule is O=C(O)CCOc1ccc(/C=C2/COc3c(F)cccc3C2=O)cc1. The van der Waals surface area contributed by atoms with Crippen molar-refractivity contribution in [2.75, 3.05) is 13.2 Å². The Balaban J connectivity index is 1.73. The second kappa shape index (κ2) is 7.17. The molecule has 0 spiro atoms. The normalized spacial score (nSPS) is 14.8. The molecule has 5 nitrogen and oxygen atoms in total. The monoisotopic (exact) mass is 342 g/mol. The molecule has 1 aliphatic heterocycles. The Hall–Kier alpha value is -3.15. The number of ether oxygens (including phenoxy) is 2. The van der Waals surface area contributed by atoms with Crippen LogP contribution in [0.2, 0.25) is 0 Å². The van der Waals surface area contributed by atoms with E-state index < -0.39 is 11.8 Å². The van der Waals surface area contributed by atoms with Crippen LogP contribution in [0.25, 0.3) is 6.08 Å². The van der Waals surface area contributed by atoms with E-state index in [4.69, 9.17) is 14.6 Å². The largest absolute Gasteiger partial charge is 0.493 e. The minimum atomic E-state index is -0.922. The lowest BCUT2D eigenvalue weighted by Crippen LogP contribution is -2.19. The summed E-state index contributed by atoms with van der Waals surface area (Å²) in [6.07, 6.45) is 1.60. The van der Waals surface area contributed by atoms with E-state index in [2.05, 4.69) is 0 Å². The zero-order chi connectivity index (χ0) is 17.8. The molecule has 25 heavy (non-hydrogen) atoms. The number of carbonyl (C=O) groups is 2. The number of aliphatic carboxylic acids is 1. The molecule has 0 saturated heterocycles. The van der Waals surface area contributed by atoms with Crippen molar-refractivity contribution in [2.24, 2.45) is 0 Å². The Bertz CT molecular complexity index is 839. The standard InChI is InChI=1S/C19H15FO5/c20-16-3-1-2-15-18(23)13(11-25-19(15)16)10-12-4-6-14(7-5-12)24-9-8-17(21)22/h1-7,10H,8-9,11H2,(H,21,22)/b13-10-. The van der Waals surface area contributed by atoms with Gasteiger partial charge in [0.05, 0.1) is 18.6 Å². The van der Waals surface area contributed by atoms with Crippen LogP contribution >= 0.6 is 0 Å². The second-order valence-corrected chi connectivity index (χ2v) is 5.47. The summed E-state index contributed by atoms with van der Waals surface area (Å²) >= 11 is 0. The molecule has 1 aliphatic rings. The van der Waals surface area contributed by atoms with Crippen molar-refractivity contribution >= 4 is 17.8 Å². The van der Waals surface area contributed by atoms with Crippen LogP contribution in [0.1, 0.15) is 22.3 Å². The van der Waals surface area contributed by atoms with Crippen LogP contribution in [-0.2, 0) is 4.79 Å². The molecule has 0 aliphatic carbocycles. The number of carbonyl (C=O) groups excluding carboxylic acids is 1. The predicted octanol–water partition coefficient (Wildman–Crippen LogP) is 3.34. The van der Waals surface area contributed by atoms with Gasteiger partial charge in [0.15, 0.2) is 17.3 Å². The summed E-state index contributed by atoms with van der Waals surface area (Å²) in [4.78, 5) is 22.9. The second-order valence-electron chi connectivity index (χ2n) is 5.47. The summed E-state index contributed by atoms with van der Waals surface area (Å²) in [5, 5.41) is 8.57. The minimum Gasteiger partial charge on any atom is -0.493 e. The molecule has 1 N–H and O–H groups in total. The maximum atomic E-state index is 13.6. The van der Waals surface area contributed by atoms with Crippen molar-refractivity contribution in [1.82, 2.24) is 0 Å². The highest BCUT2D eigenvalue weighted by atomic mass is 19.1. The number of hydrogen-bond acceptors (Lipinski definition) is 4. The van der Waals surface area contributed by atoms with Crippen LogP contribution < -0.4 is 9.47 Å². The molecule has 0 bridgehead atoms. The fourth-order valence-corrected chi connectivity index (χ4v) is 2.45. The number of ketones is 1. The molecular weight excluding hydrogens is 327 g/mol. The van der Waals surface area contributed by atoms with Gasteiger partial charge in [0, 0.05) is 5.57 Å².